The number of aromatic amines is 1. The van der Waals surface area contributed by atoms with Gasteiger partial charge in [-0.1, -0.05) is 37.6 Å². The van der Waals surface area contributed by atoms with Crippen molar-refractivity contribution in [2.24, 2.45) is 5.92 Å². The summed E-state index contributed by atoms with van der Waals surface area (Å²) in [5.74, 6) is 0.922. The van der Waals surface area contributed by atoms with Gasteiger partial charge in [-0.25, -0.2) is 4.98 Å². The second kappa shape index (κ2) is 5.90. The van der Waals surface area contributed by atoms with Crippen LogP contribution in [0.2, 0.25) is 5.02 Å². The van der Waals surface area contributed by atoms with E-state index in [0.29, 0.717) is 11.8 Å². The molecule has 2 nitrogen and oxygen atoms in total. The van der Waals surface area contributed by atoms with Crippen molar-refractivity contribution in [3.63, 3.8) is 0 Å². The molecule has 108 valence electrons. The van der Waals surface area contributed by atoms with E-state index in [9.17, 15) is 0 Å². The Morgan fingerprint density at radius 3 is 2.71 bits per heavy atom. The first kappa shape index (κ1) is 14.2. The van der Waals surface area contributed by atoms with Gasteiger partial charge in [0, 0.05) is 28.2 Å². The second-order valence-corrected chi connectivity index (χ2v) is 6.34. The molecule has 0 radical (unpaired) electrons. The molecule has 0 aliphatic heterocycles. The molecule has 21 heavy (non-hydrogen) atoms. The monoisotopic (exact) mass is 298 g/mol. The lowest BCUT2D eigenvalue weighted by molar-refractivity contribution is 0.536. The highest BCUT2D eigenvalue weighted by Gasteiger charge is 2.18. The maximum Gasteiger partial charge on any atom is 0.137 e. The molecule has 3 rings (SSSR count). The van der Waals surface area contributed by atoms with Crippen molar-refractivity contribution in [3.8, 4) is 0 Å². The van der Waals surface area contributed by atoms with E-state index in [1.165, 1.54) is 11.3 Å². The zero-order valence-corrected chi connectivity index (χ0v) is 13.1. The molecule has 1 N–H and O–H groups in total. The van der Waals surface area contributed by atoms with E-state index in [1.54, 1.807) is 0 Å². The first-order valence-corrected chi connectivity index (χ1v) is 7.70. The number of fused-ring (bicyclic) bond motifs is 1. The van der Waals surface area contributed by atoms with Crippen LogP contribution in [0.25, 0.3) is 11.0 Å². The highest BCUT2D eigenvalue weighted by Crippen LogP contribution is 2.33. The number of H-pyrrole nitrogens is 1. The molecule has 0 spiro atoms. The maximum atomic E-state index is 6.17. The lowest BCUT2D eigenvalue weighted by Crippen LogP contribution is -2.05. The van der Waals surface area contributed by atoms with Gasteiger partial charge in [-0.15, -0.1) is 0 Å². The van der Waals surface area contributed by atoms with Crippen LogP contribution >= 0.6 is 11.6 Å². The van der Waals surface area contributed by atoms with E-state index >= 15 is 0 Å². The van der Waals surface area contributed by atoms with Crippen LogP contribution in [0.3, 0.4) is 0 Å². The molecule has 3 aromatic rings. The van der Waals surface area contributed by atoms with E-state index in [4.69, 9.17) is 11.6 Å². The summed E-state index contributed by atoms with van der Waals surface area (Å²) in [6.07, 6.45) is 2.90. The van der Waals surface area contributed by atoms with Crippen LogP contribution in [-0.2, 0) is 0 Å². The van der Waals surface area contributed by atoms with Crippen LogP contribution < -0.4 is 0 Å². The second-order valence-electron chi connectivity index (χ2n) is 5.90. The van der Waals surface area contributed by atoms with Crippen molar-refractivity contribution in [1.29, 1.82) is 0 Å². The largest absolute Gasteiger partial charge is 0.343 e. The third kappa shape index (κ3) is 3.11. The zero-order chi connectivity index (χ0) is 14.8. The van der Waals surface area contributed by atoms with E-state index in [-0.39, 0.29) is 0 Å². The van der Waals surface area contributed by atoms with Gasteiger partial charge in [-0.3, -0.25) is 0 Å². The fraction of sp³-hybridized carbons (Fsp3) is 0.278. The van der Waals surface area contributed by atoms with Crippen LogP contribution in [0, 0.1) is 5.92 Å². The van der Waals surface area contributed by atoms with Crippen molar-refractivity contribution in [1.82, 2.24) is 9.97 Å². The molecule has 1 aromatic carbocycles. The Balaban J connectivity index is 2.06. The molecule has 1 atom stereocenters. The standard InChI is InChI=1S/C18H19ClN2/c1-12(2)9-16(13-5-3-7-15(19)10-13)17-11-14-6-4-8-20-18(14)21-17/h3-8,10-12,16H,9H2,1-2H3,(H,20,21). The molecule has 0 amide bonds. The van der Waals surface area contributed by atoms with Crippen molar-refractivity contribution in [2.75, 3.05) is 0 Å². The Labute approximate surface area is 130 Å². The number of pyridine rings is 1. The predicted molar refractivity (Wildman–Crippen MR) is 88.8 cm³/mol. The Hall–Kier alpha value is -1.80. The number of nitrogens with one attached hydrogen (secondary N) is 1. The molecule has 1 unspecified atom stereocenters. The third-order valence-electron chi connectivity index (χ3n) is 3.75. The van der Waals surface area contributed by atoms with Crippen LogP contribution in [-0.4, -0.2) is 9.97 Å². The first-order chi connectivity index (χ1) is 10.1. The van der Waals surface area contributed by atoms with Gasteiger partial charge in [0.15, 0.2) is 0 Å². The Morgan fingerprint density at radius 1 is 1.14 bits per heavy atom. The van der Waals surface area contributed by atoms with E-state index in [0.717, 1.165) is 22.5 Å². The van der Waals surface area contributed by atoms with Gasteiger partial charge in [-0.05, 0) is 48.2 Å². The molecule has 0 saturated heterocycles. The fourth-order valence-electron chi connectivity index (χ4n) is 2.80. The summed E-state index contributed by atoms with van der Waals surface area (Å²) in [6.45, 7) is 4.50. The van der Waals surface area contributed by atoms with Crippen LogP contribution in [0.5, 0.6) is 0 Å². The summed E-state index contributed by atoms with van der Waals surface area (Å²) in [4.78, 5) is 7.86. The summed E-state index contributed by atoms with van der Waals surface area (Å²) in [6, 6.07) is 14.4. The molecule has 0 fully saturated rings. The number of halogens is 1. The number of rotatable bonds is 4. The van der Waals surface area contributed by atoms with Gasteiger partial charge in [0.2, 0.25) is 0 Å². The molecule has 0 aliphatic carbocycles. The van der Waals surface area contributed by atoms with Crippen molar-refractivity contribution in [2.45, 2.75) is 26.2 Å². The van der Waals surface area contributed by atoms with Gasteiger partial charge < -0.3 is 4.98 Å². The summed E-state index contributed by atoms with van der Waals surface area (Å²) in [7, 11) is 0. The molecule has 0 aliphatic rings. The quantitative estimate of drug-likeness (QED) is 0.687. The average molecular weight is 299 g/mol. The number of hydrogen-bond acceptors (Lipinski definition) is 1. The number of hydrogen-bond donors (Lipinski definition) is 1. The smallest absolute Gasteiger partial charge is 0.137 e. The van der Waals surface area contributed by atoms with Gasteiger partial charge in [0.1, 0.15) is 5.65 Å². The van der Waals surface area contributed by atoms with E-state index < -0.39 is 0 Å². The lowest BCUT2D eigenvalue weighted by atomic mass is 9.88. The van der Waals surface area contributed by atoms with Crippen molar-refractivity contribution >= 4 is 22.6 Å². The predicted octanol–water partition coefficient (Wildman–Crippen LogP) is 5.39. The molecular weight excluding hydrogens is 280 g/mol. The molecular formula is C18H19ClN2. The summed E-state index contributed by atoms with van der Waals surface area (Å²) < 4.78 is 0. The SMILES string of the molecule is CC(C)CC(c1cccc(Cl)c1)c1cc2cccnc2[nH]1. The summed E-state index contributed by atoms with van der Waals surface area (Å²) in [5, 5.41) is 1.94. The van der Waals surface area contributed by atoms with Gasteiger partial charge >= 0.3 is 0 Å². The first-order valence-electron chi connectivity index (χ1n) is 7.32. The minimum absolute atomic E-state index is 0.317. The summed E-state index contributed by atoms with van der Waals surface area (Å²) >= 11 is 6.17. The molecule has 3 heteroatoms. The zero-order valence-electron chi connectivity index (χ0n) is 12.3. The van der Waals surface area contributed by atoms with Gasteiger partial charge in [-0.2, -0.15) is 0 Å². The van der Waals surface area contributed by atoms with E-state index in [1.807, 2.05) is 24.4 Å². The highest BCUT2D eigenvalue weighted by atomic mass is 35.5. The Kier molecular flexibility index (Phi) is 3.98. The number of benzene rings is 1. The molecule has 2 aromatic heterocycles. The van der Waals surface area contributed by atoms with Crippen LogP contribution in [0.1, 0.15) is 37.4 Å². The van der Waals surface area contributed by atoms with Crippen molar-refractivity contribution < 1.29 is 0 Å². The lowest BCUT2D eigenvalue weighted by Gasteiger charge is -2.18. The Bertz CT molecular complexity index is 713. The number of nitrogens with zero attached hydrogens (tertiary/aromatic N) is 1. The fourth-order valence-corrected chi connectivity index (χ4v) is 3.00. The molecule has 0 bridgehead atoms. The average Bonchev–Trinajstić information content (AvgIpc) is 2.88. The normalized spacial score (nSPS) is 13.0. The van der Waals surface area contributed by atoms with Crippen LogP contribution in [0.4, 0.5) is 0 Å². The topological polar surface area (TPSA) is 28.7 Å². The molecule has 2 heterocycles. The highest BCUT2D eigenvalue weighted by molar-refractivity contribution is 6.30. The third-order valence-corrected chi connectivity index (χ3v) is 3.98. The molecule has 0 saturated carbocycles. The van der Waals surface area contributed by atoms with Gasteiger partial charge in [0.05, 0.1) is 0 Å². The van der Waals surface area contributed by atoms with Crippen molar-refractivity contribution in [3.05, 3.63) is 64.9 Å². The Morgan fingerprint density at radius 2 is 2.00 bits per heavy atom. The van der Waals surface area contributed by atoms with Crippen LogP contribution in [0.15, 0.2) is 48.7 Å². The maximum absolute atomic E-state index is 6.17. The number of aromatic nitrogens is 2. The van der Waals surface area contributed by atoms with E-state index in [2.05, 4.69) is 48.1 Å². The summed E-state index contributed by atoms with van der Waals surface area (Å²) in [5.41, 5.74) is 3.41. The minimum atomic E-state index is 0.317. The van der Waals surface area contributed by atoms with Gasteiger partial charge in [0.25, 0.3) is 0 Å². The minimum Gasteiger partial charge on any atom is -0.343 e.